The van der Waals surface area contributed by atoms with Gasteiger partial charge in [-0.3, -0.25) is 4.98 Å². The summed E-state index contributed by atoms with van der Waals surface area (Å²) in [5, 5.41) is 4.28. The van der Waals surface area contributed by atoms with E-state index in [2.05, 4.69) is 160 Å². The normalized spacial score (nSPS) is 13.1. The molecule has 0 aliphatic heterocycles. The summed E-state index contributed by atoms with van der Waals surface area (Å²) in [6.45, 7) is 3.71. The summed E-state index contributed by atoms with van der Waals surface area (Å²) in [5.74, 6) is 7.66. The predicted octanol–water partition coefficient (Wildman–Crippen LogP) is 17.4. The van der Waals surface area contributed by atoms with Crippen LogP contribution >= 0.6 is 11.3 Å². The van der Waals surface area contributed by atoms with Crippen LogP contribution in [0.4, 0.5) is 0 Å². The zero-order chi connectivity index (χ0) is 53.9. The molecule has 0 aliphatic carbocycles. The Labute approximate surface area is 456 Å². The molecule has 0 saturated carbocycles. The van der Waals surface area contributed by atoms with Crippen molar-refractivity contribution in [1.82, 2.24) is 19.5 Å². The molecule has 7 heteroatoms. The van der Waals surface area contributed by atoms with Gasteiger partial charge in [-0.1, -0.05) is 156 Å². The van der Waals surface area contributed by atoms with Gasteiger partial charge >= 0.3 is 135 Å². The maximum absolute atomic E-state index is 8.76. The molecule has 4 aromatic heterocycles. The van der Waals surface area contributed by atoms with Crippen LogP contribution in [0, 0.1) is 24.4 Å². The Morgan fingerprint density at radius 1 is 0.644 bits per heavy atom. The van der Waals surface area contributed by atoms with Crippen molar-refractivity contribution in [1.29, 1.82) is 0 Å². The second-order valence-corrected chi connectivity index (χ2v) is 31.7. The van der Waals surface area contributed by atoms with Crippen molar-refractivity contribution in [3.8, 4) is 61.8 Å². The van der Waals surface area contributed by atoms with Crippen molar-refractivity contribution in [3.05, 3.63) is 224 Å². The van der Waals surface area contributed by atoms with Gasteiger partial charge in [0.25, 0.3) is 0 Å². The number of hydrogen-bond donors (Lipinski definition) is 0. The van der Waals surface area contributed by atoms with E-state index in [1.165, 1.54) is 0 Å². The summed E-state index contributed by atoms with van der Waals surface area (Å²) in [7, 11) is 0. The van der Waals surface area contributed by atoms with Crippen molar-refractivity contribution >= 4 is 71.1 Å². The number of aryl methyl sites for hydroxylation is 1. The molecule has 0 spiro atoms. The quantitative estimate of drug-likeness (QED) is 0.112. The van der Waals surface area contributed by atoms with E-state index in [9.17, 15) is 0 Å². The van der Waals surface area contributed by atoms with Crippen LogP contribution in [0.3, 0.4) is 0 Å². The number of rotatable bonds is 8. The number of aromatic nitrogens is 4. The fraction of sp³-hybridized carbons (Fsp3) is 0.136. The molecule has 73 heavy (non-hydrogen) atoms. The first-order valence-corrected chi connectivity index (χ1v) is 32.5. The molecule has 0 fully saturated rings. The summed E-state index contributed by atoms with van der Waals surface area (Å²) < 4.78 is 45.6. The van der Waals surface area contributed by atoms with E-state index in [1.54, 1.807) is 23.5 Å². The maximum Gasteiger partial charge on any atom is 0 e. The van der Waals surface area contributed by atoms with Gasteiger partial charge in [0.1, 0.15) is 4.83 Å². The van der Waals surface area contributed by atoms with E-state index < -0.39 is 31.9 Å². The van der Waals surface area contributed by atoms with Gasteiger partial charge in [-0.2, -0.15) is 11.3 Å². The molecule has 4 nitrogen and oxygen atoms in total. The summed E-state index contributed by atoms with van der Waals surface area (Å²) in [6, 6.07) is 72.0. The van der Waals surface area contributed by atoms with Crippen molar-refractivity contribution in [3.63, 3.8) is 0 Å². The summed E-state index contributed by atoms with van der Waals surface area (Å²) in [4.78, 5) is 16.2. The van der Waals surface area contributed by atoms with E-state index in [4.69, 9.17) is 16.8 Å². The van der Waals surface area contributed by atoms with Crippen molar-refractivity contribution in [2.45, 2.75) is 51.3 Å². The van der Waals surface area contributed by atoms with E-state index in [0.29, 0.717) is 5.56 Å². The smallest absolute Gasteiger partial charge is 0 e. The number of thiophene rings is 1. The van der Waals surface area contributed by atoms with Gasteiger partial charge in [0.2, 0.25) is 0 Å². The van der Waals surface area contributed by atoms with Crippen LogP contribution in [-0.4, -0.2) is 32.8 Å². The molecular weight excluding hydrogens is 1150 g/mol. The minimum atomic E-state index is -2.24. The first-order chi connectivity index (χ1) is 36.9. The van der Waals surface area contributed by atoms with Gasteiger partial charge in [-0.15, -0.1) is 18.2 Å². The Morgan fingerprint density at radius 3 is 1.96 bits per heavy atom. The molecule has 12 aromatic rings. The van der Waals surface area contributed by atoms with Crippen LogP contribution in [-0.2, 0) is 26.5 Å². The van der Waals surface area contributed by atoms with Crippen molar-refractivity contribution in [2.24, 2.45) is 5.41 Å². The third kappa shape index (κ3) is 10.0. The molecule has 0 atom stereocenters. The fourth-order valence-electron chi connectivity index (χ4n) is 9.64. The second kappa shape index (κ2) is 20.6. The van der Waals surface area contributed by atoms with Gasteiger partial charge in [0.05, 0.1) is 28.2 Å². The second-order valence-electron chi connectivity index (χ2n) is 20.2. The van der Waals surface area contributed by atoms with E-state index >= 15 is 0 Å². The number of pyridine rings is 2. The number of nitrogens with zero attached hydrogens (tertiary/aromatic N) is 4. The number of fused-ring (bicyclic) bond motifs is 6. The molecule has 0 aliphatic rings. The van der Waals surface area contributed by atoms with E-state index in [0.717, 1.165) is 114 Å². The van der Waals surface area contributed by atoms with E-state index in [-0.39, 0.29) is 20.1 Å². The topological polar surface area (TPSA) is 43.6 Å². The number of hydrogen-bond acceptors (Lipinski definition) is 4. The molecule has 0 N–H and O–H groups in total. The van der Waals surface area contributed by atoms with Crippen LogP contribution in [0.5, 0.6) is 0 Å². The molecular formula is C66H56GeIrN4S-2. The SMILES string of the molecule is [2H]C([2H])([2H])c1ccc(-c2nc3sc4c(-c5nc6ccccc6n5-c5c(-c6ccccc6)cccc5-c5ccccc5)[c-]ccc4c3c3ccccc23)cc1.[2H]C([2H])(c1cc(-c2[c-]cccc2)nc[c]1[Ge]([CH3])([CH3])[CH3])C(C)(C)C.[Ir]. The predicted molar refractivity (Wildman–Crippen MR) is 309 cm³/mol. The average Bonchev–Trinajstić information content (AvgIpc) is 3.95. The zero-order valence-corrected chi connectivity index (χ0v) is 46.9. The molecule has 12 rings (SSSR count). The van der Waals surface area contributed by atoms with Gasteiger partial charge in [0.15, 0.2) is 0 Å². The standard InChI is InChI=1S/C47H30N3S.C19H26GeN.Ir/c1-30-26-28-33(29-27-30)43-37-19-9-8-18-36(37)42-38-22-13-23-39(45(38)51-47(42)49-43)46-48-40-24-10-11-25-41(40)50(46)44-34(31-14-4-2-5-15-31)20-12-21-35(44)32-16-6-3-7-17-32;1-19(2,3)13-16-12-18(15-10-8-7-9-11-15)21-14-17(16)20(4,5)6;/h2-22,24-29H,1H3;7-10,12,14H,13H2,1-6H3;/q2*-1;/i1D3;13D2;. The monoisotopic (exact) mass is 1210 g/mol. The van der Waals surface area contributed by atoms with Crippen LogP contribution in [0.15, 0.2) is 200 Å². The third-order valence-electron chi connectivity index (χ3n) is 12.9. The Kier molecular flexibility index (Phi) is 12.4. The number of imidazole rings is 1. The molecule has 0 unspecified atom stereocenters. The Balaban J connectivity index is 0.000000242. The van der Waals surface area contributed by atoms with Crippen molar-refractivity contribution < 1.29 is 27.0 Å². The van der Waals surface area contributed by atoms with Crippen LogP contribution in [0.2, 0.25) is 17.3 Å². The Morgan fingerprint density at radius 2 is 1.30 bits per heavy atom. The van der Waals surface area contributed by atoms with Gasteiger partial charge in [-0.05, 0) is 40.2 Å². The summed E-state index contributed by atoms with van der Waals surface area (Å²) in [6.07, 6.45) is 0.502. The van der Waals surface area contributed by atoms with Gasteiger partial charge in [-0.25, -0.2) is 4.98 Å². The average molecular weight is 1210 g/mol. The van der Waals surface area contributed by atoms with Crippen LogP contribution in [0.25, 0.3) is 104 Å². The van der Waals surface area contributed by atoms with Crippen molar-refractivity contribution in [2.75, 3.05) is 0 Å². The summed E-state index contributed by atoms with van der Waals surface area (Å²) in [5.41, 5.74) is 12.3. The molecule has 361 valence electrons. The Hall–Kier alpha value is -6.80. The number of benzene rings is 8. The fourth-order valence-corrected chi connectivity index (χ4v) is 13.7. The molecule has 0 bridgehead atoms. The Bertz CT molecular complexity index is 4070. The molecule has 0 amide bonds. The zero-order valence-electron chi connectivity index (χ0n) is 46.6. The first-order valence-electron chi connectivity index (χ1n) is 26.9. The molecule has 8 aromatic carbocycles. The third-order valence-corrected chi connectivity index (χ3v) is 18.2. The molecule has 4 heterocycles. The van der Waals surface area contributed by atoms with Gasteiger partial charge < -0.3 is 4.57 Å². The minimum absolute atomic E-state index is 0. The van der Waals surface area contributed by atoms with Gasteiger partial charge in [0, 0.05) is 51.7 Å². The first kappa shape index (κ1) is 43.8. The molecule has 1 radical (unpaired) electrons. The number of para-hydroxylation sites is 3. The van der Waals surface area contributed by atoms with E-state index in [1.807, 2.05) is 87.6 Å². The minimum Gasteiger partial charge on any atom is 0 e. The van der Waals surface area contributed by atoms with Crippen LogP contribution < -0.4 is 4.40 Å². The largest absolute Gasteiger partial charge is 0 e. The maximum atomic E-state index is 8.76. The molecule has 0 saturated heterocycles. The van der Waals surface area contributed by atoms with Crippen LogP contribution in [0.1, 0.15) is 38.8 Å². The summed E-state index contributed by atoms with van der Waals surface area (Å²) >= 11 is -0.597.